The van der Waals surface area contributed by atoms with Crippen LogP contribution in [0.3, 0.4) is 0 Å². The number of amides is 2. The second-order valence-corrected chi connectivity index (χ2v) is 10.9. The van der Waals surface area contributed by atoms with E-state index < -0.39 is 5.91 Å². The van der Waals surface area contributed by atoms with Crippen molar-refractivity contribution < 1.29 is 14.3 Å². The van der Waals surface area contributed by atoms with Gasteiger partial charge < -0.3 is 31.0 Å². The number of fused-ring (bicyclic) bond motifs is 2. The quantitative estimate of drug-likeness (QED) is 0.267. The van der Waals surface area contributed by atoms with Gasteiger partial charge in [0.15, 0.2) is 0 Å². The number of aryl methyl sites for hydroxylation is 1. The largest absolute Gasteiger partial charge is 0.495 e. The third-order valence-electron chi connectivity index (χ3n) is 7.56. The molecule has 11 heteroatoms. The molecule has 10 nitrogen and oxygen atoms in total. The summed E-state index contributed by atoms with van der Waals surface area (Å²) in [6, 6.07) is 7.79. The first kappa shape index (κ1) is 25.2. The van der Waals surface area contributed by atoms with Crippen LogP contribution in [0.5, 0.6) is 5.75 Å². The van der Waals surface area contributed by atoms with Gasteiger partial charge in [0, 0.05) is 17.6 Å². The van der Waals surface area contributed by atoms with Crippen molar-refractivity contribution in [2.75, 3.05) is 42.8 Å². The van der Waals surface area contributed by atoms with Crippen LogP contribution >= 0.6 is 11.3 Å². The number of primary amides is 1. The summed E-state index contributed by atoms with van der Waals surface area (Å²) < 4.78 is 5.74. The van der Waals surface area contributed by atoms with Crippen molar-refractivity contribution in [3.05, 3.63) is 52.5 Å². The molecule has 2 amide bonds. The number of nitrogens with one attached hydrogen (secondary N) is 3. The number of H-pyrrole nitrogens is 1. The minimum atomic E-state index is -0.476. The van der Waals surface area contributed by atoms with E-state index in [2.05, 4.69) is 25.5 Å². The number of carbonyl (C=O) groups is 2. The van der Waals surface area contributed by atoms with Gasteiger partial charge in [0.05, 0.1) is 48.1 Å². The fourth-order valence-electron chi connectivity index (χ4n) is 5.61. The number of pyridine rings is 1. The lowest BCUT2D eigenvalue weighted by molar-refractivity contribution is -0.122. The lowest BCUT2D eigenvalue weighted by Gasteiger charge is -2.34. The first-order valence-electron chi connectivity index (χ1n) is 13.0. The third-order valence-corrected chi connectivity index (χ3v) is 8.49. The molecule has 1 aromatic carbocycles. The number of aromatic nitrogens is 2. The highest BCUT2D eigenvalue weighted by atomic mass is 32.1. The smallest absolute Gasteiger partial charge is 0.260 e. The van der Waals surface area contributed by atoms with Crippen LogP contribution in [0, 0.1) is 0 Å². The molecule has 2 aliphatic rings. The summed E-state index contributed by atoms with van der Waals surface area (Å²) in [5, 5.41) is 9.47. The van der Waals surface area contributed by atoms with E-state index in [9.17, 15) is 9.59 Å². The molecule has 5 N–H and O–H groups in total. The van der Waals surface area contributed by atoms with Crippen molar-refractivity contribution >= 4 is 62.6 Å². The summed E-state index contributed by atoms with van der Waals surface area (Å²) in [4.78, 5) is 37.6. The highest BCUT2D eigenvalue weighted by molar-refractivity contribution is 7.12. The zero-order chi connectivity index (χ0) is 27.1. The van der Waals surface area contributed by atoms with Crippen molar-refractivity contribution in [3.8, 4) is 5.75 Å². The standard InChI is InChI=1S/C28H31N7O3S/c1-34-8-4-6-22(34)28(37)35-9-3-5-16-11-24(38-2)19(13-23(16)35)32-25-12-17-20(14-30-15-21(17)33-25)31-18-7-10-39-26(18)27(29)36/h7,10-15,22,31-33H,3-6,8-9H2,1-2H3,(H2,29,36)/t22-/m1/s1. The van der Waals surface area contributed by atoms with Gasteiger partial charge in [-0.15, -0.1) is 11.3 Å². The number of likely N-dealkylation sites (tertiary alicyclic amines) is 1. The topological polar surface area (TPSA) is 129 Å². The molecule has 4 aromatic rings. The average Bonchev–Trinajstić information content (AvgIpc) is 3.67. The summed E-state index contributed by atoms with van der Waals surface area (Å²) in [5.41, 5.74) is 10.5. The van der Waals surface area contributed by atoms with Gasteiger partial charge in [0.1, 0.15) is 16.4 Å². The van der Waals surface area contributed by atoms with Gasteiger partial charge in [-0.2, -0.15) is 0 Å². The van der Waals surface area contributed by atoms with Gasteiger partial charge in [-0.05, 0) is 74.5 Å². The van der Waals surface area contributed by atoms with Crippen LogP contribution < -0.4 is 26.0 Å². The number of aromatic amines is 1. The zero-order valence-electron chi connectivity index (χ0n) is 21.9. The number of nitrogens with zero attached hydrogens (tertiary/aromatic N) is 3. The van der Waals surface area contributed by atoms with E-state index in [0.29, 0.717) is 22.9 Å². The number of likely N-dealkylation sites (N-methyl/N-ethyl adjacent to an activating group) is 1. The molecular formula is C28H31N7O3S. The molecular weight excluding hydrogens is 514 g/mol. The molecule has 5 heterocycles. The Hall–Kier alpha value is -4.09. The summed E-state index contributed by atoms with van der Waals surface area (Å²) in [6.45, 7) is 1.67. The molecule has 1 saturated heterocycles. The Morgan fingerprint density at radius 2 is 2.00 bits per heavy atom. The second kappa shape index (κ2) is 10.2. The summed E-state index contributed by atoms with van der Waals surface area (Å²) >= 11 is 1.29. The second-order valence-electron chi connectivity index (χ2n) is 10.0. The number of thiophene rings is 1. The van der Waals surface area contributed by atoms with Crippen molar-refractivity contribution in [1.29, 1.82) is 0 Å². The number of benzene rings is 1. The number of ether oxygens (including phenoxy) is 1. The van der Waals surface area contributed by atoms with E-state index in [4.69, 9.17) is 10.5 Å². The fourth-order valence-corrected chi connectivity index (χ4v) is 6.32. The SMILES string of the molecule is COc1cc2c(cc1Nc1cc3c(Nc4ccsc4C(N)=O)cncc3[nH]1)N(C(=O)[C@H]1CCCN1C)CCC2. The van der Waals surface area contributed by atoms with Crippen LogP contribution in [-0.2, 0) is 11.2 Å². The predicted molar refractivity (Wildman–Crippen MR) is 155 cm³/mol. The first-order chi connectivity index (χ1) is 18.9. The molecule has 3 aromatic heterocycles. The van der Waals surface area contributed by atoms with Gasteiger partial charge >= 0.3 is 0 Å². The number of hydrogen-bond donors (Lipinski definition) is 4. The van der Waals surface area contributed by atoms with E-state index in [-0.39, 0.29) is 11.9 Å². The number of rotatable bonds is 7. The van der Waals surface area contributed by atoms with E-state index in [1.165, 1.54) is 11.3 Å². The number of nitrogens with two attached hydrogens (primary N) is 1. The number of carbonyl (C=O) groups excluding carboxylic acids is 2. The highest BCUT2D eigenvalue weighted by Gasteiger charge is 2.34. The minimum absolute atomic E-state index is 0.0695. The Bertz CT molecular complexity index is 1560. The average molecular weight is 546 g/mol. The van der Waals surface area contributed by atoms with Gasteiger partial charge in [-0.25, -0.2) is 0 Å². The molecule has 6 rings (SSSR count). The van der Waals surface area contributed by atoms with Crippen LogP contribution in [0.2, 0.25) is 0 Å². The summed E-state index contributed by atoms with van der Waals surface area (Å²) in [7, 11) is 3.68. The predicted octanol–water partition coefficient (Wildman–Crippen LogP) is 4.59. The van der Waals surface area contributed by atoms with Gasteiger partial charge in [-0.1, -0.05) is 0 Å². The maximum absolute atomic E-state index is 13.5. The molecule has 0 spiro atoms. The van der Waals surface area contributed by atoms with Crippen LogP contribution in [0.4, 0.5) is 28.6 Å². The molecule has 0 aliphatic carbocycles. The lowest BCUT2D eigenvalue weighted by atomic mass is 9.99. The van der Waals surface area contributed by atoms with Gasteiger partial charge in [0.25, 0.3) is 5.91 Å². The van der Waals surface area contributed by atoms with E-state index in [1.807, 2.05) is 41.6 Å². The molecule has 0 saturated carbocycles. The number of methoxy groups -OCH3 is 1. The Kier molecular flexibility index (Phi) is 6.61. The number of hydrogen-bond acceptors (Lipinski definition) is 8. The maximum Gasteiger partial charge on any atom is 0.260 e. The van der Waals surface area contributed by atoms with Crippen LogP contribution in [-0.4, -0.2) is 60.0 Å². The normalized spacial score (nSPS) is 17.3. The van der Waals surface area contributed by atoms with Gasteiger partial charge in [0.2, 0.25) is 5.91 Å². The maximum atomic E-state index is 13.5. The molecule has 2 aliphatic heterocycles. The van der Waals surface area contributed by atoms with E-state index in [0.717, 1.165) is 71.6 Å². The van der Waals surface area contributed by atoms with Crippen LogP contribution in [0.25, 0.3) is 10.9 Å². The molecule has 0 radical (unpaired) electrons. The lowest BCUT2D eigenvalue weighted by Crippen LogP contribution is -2.46. The first-order valence-corrected chi connectivity index (χ1v) is 13.9. The molecule has 202 valence electrons. The molecule has 0 unspecified atom stereocenters. The Labute approximate surface area is 230 Å². The van der Waals surface area contributed by atoms with Crippen LogP contribution in [0.15, 0.2) is 42.0 Å². The molecule has 1 fully saturated rings. The number of anilines is 5. The fraction of sp³-hybridized carbons (Fsp3) is 0.321. The van der Waals surface area contributed by atoms with E-state index >= 15 is 0 Å². The molecule has 39 heavy (non-hydrogen) atoms. The minimum Gasteiger partial charge on any atom is -0.495 e. The van der Waals surface area contributed by atoms with Crippen molar-refractivity contribution in [2.45, 2.75) is 31.7 Å². The third kappa shape index (κ3) is 4.68. The monoisotopic (exact) mass is 545 g/mol. The molecule has 0 bridgehead atoms. The van der Waals surface area contributed by atoms with Crippen molar-refractivity contribution in [3.63, 3.8) is 0 Å². The highest BCUT2D eigenvalue weighted by Crippen LogP contribution is 2.40. The molecule has 1 atom stereocenters. The summed E-state index contributed by atoms with van der Waals surface area (Å²) in [6.07, 6.45) is 7.23. The summed E-state index contributed by atoms with van der Waals surface area (Å²) in [5.74, 6) is 1.14. The Balaban J connectivity index is 1.32. The Morgan fingerprint density at radius 1 is 1.13 bits per heavy atom. The Morgan fingerprint density at radius 3 is 2.77 bits per heavy atom. The van der Waals surface area contributed by atoms with Gasteiger partial charge in [-0.3, -0.25) is 19.5 Å². The van der Waals surface area contributed by atoms with Crippen LogP contribution in [0.1, 0.15) is 34.5 Å². The van der Waals surface area contributed by atoms with E-state index in [1.54, 1.807) is 19.5 Å². The zero-order valence-corrected chi connectivity index (χ0v) is 22.7. The van der Waals surface area contributed by atoms with Crippen molar-refractivity contribution in [2.24, 2.45) is 5.73 Å². The van der Waals surface area contributed by atoms with Crippen molar-refractivity contribution in [1.82, 2.24) is 14.9 Å².